The predicted molar refractivity (Wildman–Crippen MR) is 133 cm³/mol. The molecule has 2 heterocycles. The maximum absolute atomic E-state index is 13.3. The SMILES string of the molecule is CC(C)c1cccc2sc(N(CC3CCCO3)C(=O)CCCS(=O)(=O)c3ccc(F)cc3)nc12. The van der Waals surface area contributed by atoms with Crippen LogP contribution in [0, 0.1) is 5.82 Å². The van der Waals surface area contributed by atoms with Gasteiger partial charge in [-0.3, -0.25) is 9.69 Å². The fraction of sp³-hybridized carbons (Fsp3) is 0.440. The van der Waals surface area contributed by atoms with Crippen LogP contribution in [0.2, 0.25) is 0 Å². The van der Waals surface area contributed by atoms with Crippen molar-refractivity contribution in [1.82, 2.24) is 4.98 Å². The smallest absolute Gasteiger partial charge is 0.228 e. The molecule has 4 rings (SSSR count). The molecule has 1 saturated heterocycles. The van der Waals surface area contributed by atoms with Crippen molar-refractivity contribution in [3.05, 3.63) is 53.8 Å². The average Bonchev–Trinajstić information content (AvgIpc) is 3.46. The number of carbonyl (C=O) groups excluding carboxylic acids is 1. The minimum Gasteiger partial charge on any atom is -0.376 e. The number of halogens is 1. The predicted octanol–water partition coefficient (Wildman–Crippen LogP) is 5.32. The lowest BCUT2D eigenvalue weighted by Gasteiger charge is -2.23. The summed E-state index contributed by atoms with van der Waals surface area (Å²) < 4.78 is 45.1. The van der Waals surface area contributed by atoms with Crippen LogP contribution in [0.1, 0.15) is 51.0 Å². The molecule has 6 nitrogen and oxygen atoms in total. The highest BCUT2D eigenvalue weighted by Crippen LogP contribution is 2.34. The molecule has 0 aliphatic carbocycles. The molecule has 1 aromatic heterocycles. The van der Waals surface area contributed by atoms with Crippen LogP contribution in [0.5, 0.6) is 0 Å². The van der Waals surface area contributed by atoms with Gasteiger partial charge in [0.15, 0.2) is 15.0 Å². The molecule has 0 radical (unpaired) electrons. The second kappa shape index (κ2) is 10.5. The minimum absolute atomic E-state index is 0.0523. The summed E-state index contributed by atoms with van der Waals surface area (Å²) in [6.07, 6.45) is 2.02. The molecule has 1 amide bonds. The van der Waals surface area contributed by atoms with Crippen LogP contribution in [0.3, 0.4) is 0 Å². The number of nitrogens with zero attached hydrogens (tertiary/aromatic N) is 2. The molecule has 2 aromatic carbocycles. The molecule has 0 saturated carbocycles. The average molecular weight is 505 g/mol. The molecule has 0 spiro atoms. The van der Waals surface area contributed by atoms with Gasteiger partial charge in [0.2, 0.25) is 5.91 Å². The van der Waals surface area contributed by atoms with Crippen LogP contribution in [-0.4, -0.2) is 44.3 Å². The largest absolute Gasteiger partial charge is 0.376 e. The minimum atomic E-state index is -3.60. The lowest BCUT2D eigenvalue weighted by molar-refractivity contribution is -0.119. The van der Waals surface area contributed by atoms with Crippen LogP contribution >= 0.6 is 11.3 Å². The zero-order chi connectivity index (χ0) is 24.3. The third-order valence-corrected chi connectivity index (χ3v) is 8.84. The van der Waals surface area contributed by atoms with Gasteiger partial charge < -0.3 is 4.74 Å². The molecule has 0 N–H and O–H groups in total. The maximum Gasteiger partial charge on any atom is 0.228 e. The summed E-state index contributed by atoms with van der Waals surface area (Å²) in [5.41, 5.74) is 2.04. The zero-order valence-corrected chi connectivity index (χ0v) is 21.0. The Labute approximate surface area is 203 Å². The van der Waals surface area contributed by atoms with Gasteiger partial charge in [-0.05, 0) is 61.1 Å². The van der Waals surface area contributed by atoms with Gasteiger partial charge in [0.05, 0.1) is 33.5 Å². The standard InChI is InChI=1S/C25H29FN2O4S2/c1-17(2)21-7-3-8-22-24(21)27-25(33-22)28(16-19-6-4-14-32-19)23(29)9-5-15-34(30,31)20-12-10-18(26)11-13-20/h3,7-8,10-13,17,19H,4-6,9,14-16H2,1-2H3. The summed E-state index contributed by atoms with van der Waals surface area (Å²) >= 11 is 1.47. The number of thiazole rings is 1. The van der Waals surface area contributed by atoms with E-state index in [0.29, 0.717) is 24.2 Å². The Hall–Kier alpha value is -2.36. The summed E-state index contributed by atoms with van der Waals surface area (Å²) in [5, 5.41) is 0.616. The van der Waals surface area contributed by atoms with E-state index in [4.69, 9.17) is 9.72 Å². The van der Waals surface area contributed by atoms with E-state index in [2.05, 4.69) is 19.9 Å². The molecule has 1 aliphatic rings. The van der Waals surface area contributed by atoms with E-state index < -0.39 is 15.7 Å². The Morgan fingerprint density at radius 1 is 1.24 bits per heavy atom. The van der Waals surface area contributed by atoms with Crippen LogP contribution in [0.25, 0.3) is 10.2 Å². The number of amides is 1. The number of fused-ring (bicyclic) bond motifs is 1. The first-order chi connectivity index (χ1) is 16.2. The molecule has 1 unspecified atom stereocenters. The number of benzene rings is 2. The zero-order valence-electron chi connectivity index (χ0n) is 19.4. The molecule has 34 heavy (non-hydrogen) atoms. The molecular formula is C25H29FN2O4S2. The Bertz CT molecular complexity index is 1250. The van der Waals surface area contributed by atoms with E-state index in [-0.39, 0.29) is 35.5 Å². The molecule has 182 valence electrons. The number of aromatic nitrogens is 1. The van der Waals surface area contributed by atoms with Crippen molar-refractivity contribution < 1.29 is 22.3 Å². The van der Waals surface area contributed by atoms with Crippen molar-refractivity contribution in [2.45, 2.75) is 56.4 Å². The van der Waals surface area contributed by atoms with Crippen LogP contribution < -0.4 is 4.90 Å². The lowest BCUT2D eigenvalue weighted by atomic mass is 10.0. The first kappa shape index (κ1) is 24.8. The number of ether oxygens (including phenoxy) is 1. The van der Waals surface area contributed by atoms with Crippen molar-refractivity contribution in [2.24, 2.45) is 0 Å². The van der Waals surface area contributed by atoms with Gasteiger partial charge >= 0.3 is 0 Å². The molecule has 9 heteroatoms. The number of carbonyl (C=O) groups is 1. The first-order valence-electron chi connectivity index (χ1n) is 11.5. The van der Waals surface area contributed by atoms with Gasteiger partial charge in [-0.1, -0.05) is 37.3 Å². The van der Waals surface area contributed by atoms with Crippen LogP contribution in [-0.2, 0) is 19.4 Å². The first-order valence-corrected chi connectivity index (χ1v) is 14.0. The number of sulfone groups is 1. The Balaban J connectivity index is 1.51. The van der Waals surface area contributed by atoms with Crippen LogP contribution in [0.4, 0.5) is 9.52 Å². The summed E-state index contributed by atoms with van der Waals surface area (Å²) in [7, 11) is -3.60. The number of hydrogen-bond acceptors (Lipinski definition) is 6. The number of para-hydroxylation sites is 1. The molecule has 0 bridgehead atoms. The normalized spacial score (nSPS) is 16.4. The van der Waals surface area contributed by atoms with E-state index in [1.807, 2.05) is 12.1 Å². The second-order valence-electron chi connectivity index (χ2n) is 8.86. The molecule has 1 fully saturated rings. The summed E-state index contributed by atoms with van der Waals surface area (Å²) in [6, 6.07) is 10.8. The Kier molecular flexibility index (Phi) is 7.64. The van der Waals surface area contributed by atoms with Gasteiger partial charge in [-0.25, -0.2) is 17.8 Å². The highest BCUT2D eigenvalue weighted by molar-refractivity contribution is 7.91. The third kappa shape index (κ3) is 5.64. The van der Waals surface area contributed by atoms with Crippen molar-refractivity contribution >= 4 is 42.4 Å². The van der Waals surface area contributed by atoms with Gasteiger partial charge in [-0.2, -0.15) is 0 Å². The van der Waals surface area contributed by atoms with E-state index >= 15 is 0 Å². The number of rotatable bonds is 9. The van der Waals surface area contributed by atoms with Crippen molar-refractivity contribution in [2.75, 3.05) is 23.8 Å². The fourth-order valence-electron chi connectivity index (χ4n) is 4.13. The third-order valence-electron chi connectivity index (χ3n) is 5.98. The second-order valence-corrected chi connectivity index (χ2v) is 12.0. The highest BCUT2D eigenvalue weighted by Gasteiger charge is 2.27. The molecule has 1 aliphatic heterocycles. The van der Waals surface area contributed by atoms with E-state index in [1.54, 1.807) is 4.90 Å². The van der Waals surface area contributed by atoms with Crippen molar-refractivity contribution in [3.63, 3.8) is 0 Å². The van der Waals surface area contributed by atoms with Gasteiger partial charge in [0.25, 0.3) is 0 Å². The fourth-order valence-corrected chi connectivity index (χ4v) is 6.46. The Morgan fingerprint density at radius 2 is 2.00 bits per heavy atom. The van der Waals surface area contributed by atoms with E-state index in [9.17, 15) is 17.6 Å². The molecule has 3 aromatic rings. The van der Waals surface area contributed by atoms with E-state index in [0.717, 1.165) is 40.8 Å². The number of anilines is 1. The highest BCUT2D eigenvalue weighted by atomic mass is 32.2. The molecular weight excluding hydrogens is 475 g/mol. The van der Waals surface area contributed by atoms with Crippen LogP contribution in [0.15, 0.2) is 47.4 Å². The topological polar surface area (TPSA) is 76.6 Å². The summed E-state index contributed by atoms with van der Waals surface area (Å²) in [5.74, 6) is -0.543. The monoisotopic (exact) mass is 504 g/mol. The summed E-state index contributed by atoms with van der Waals surface area (Å²) in [6.45, 7) is 5.32. The van der Waals surface area contributed by atoms with Crippen molar-refractivity contribution in [1.29, 1.82) is 0 Å². The Morgan fingerprint density at radius 3 is 2.68 bits per heavy atom. The number of hydrogen-bond donors (Lipinski definition) is 0. The quantitative estimate of drug-likeness (QED) is 0.369. The van der Waals surface area contributed by atoms with E-state index in [1.165, 1.54) is 23.5 Å². The summed E-state index contributed by atoms with van der Waals surface area (Å²) in [4.78, 5) is 19.8. The van der Waals surface area contributed by atoms with Gasteiger partial charge in [0, 0.05) is 13.0 Å². The van der Waals surface area contributed by atoms with Gasteiger partial charge in [0.1, 0.15) is 5.82 Å². The van der Waals surface area contributed by atoms with Gasteiger partial charge in [-0.15, -0.1) is 0 Å². The maximum atomic E-state index is 13.3. The lowest BCUT2D eigenvalue weighted by Crippen LogP contribution is -2.37. The molecule has 1 atom stereocenters. The van der Waals surface area contributed by atoms with Crippen molar-refractivity contribution in [3.8, 4) is 0 Å².